The third-order valence-electron chi connectivity index (χ3n) is 4.40. The number of rotatable bonds is 1. The van der Waals surface area contributed by atoms with E-state index in [0.29, 0.717) is 17.5 Å². The summed E-state index contributed by atoms with van der Waals surface area (Å²) < 4.78 is 11.6. The van der Waals surface area contributed by atoms with Gasteiger partial charge in [0.1, 0.15) is 11.4 Å². The zero-order valence-electron chi connectivity index (χ0n) is 11.1. The molecular weight excluding hydrogens is 264 g/mol. The van der Waals surface area contributed by atoms with Crippen LogP contribution in [-0.4, -0.2) is 23.9 Å². The number of halogens is 1. The van der Waals surface area contributed by atoms with Crippen molar-refractivity contribution >= 4 is 11.6 Å². The smallest absolute Gasteiger partial charge is 0.126 e. The van der Waals surface area contributed by atoms with Gasteiger partial charge in [-0.05, 0) is 43.9 Å². The topological polar surface area (TPSA) is 38.7 Å². The van der Waals surface area contributed by atoms with Gasteiger partial charge in [0, 0.05) is 24.1 Å². The molecular formula is C15H19ClO3. The zero-order valence-corrected chi connectivity index (χ0v) is 11.8. The van der Waals surface area contributed by atoms with Crippen molar-refractivity contribution in [3.05, 3.63) is 28.8 Å². The summed E-state index contributed by atoms with van der Waals surface area (Å²) in [6.07, 6.45) is 4.35. The maximum atomic E-state index is 10.4. The second-order valence-corrected chi connectivity index (χ2v) is 6.06. The standard InChI is InChI=1S/C15H19ClO3/c1-18-11-4-6-15(7-5-11)9-13(17)12-8-10(16)2-3-14(12)19-15/h2-3,8,11,13,17H,4-7,9H2,1H3. The number of methoxy groups -OCH3 is 1. The number of aliphatic hydroxyl groups excluding tert-OH is 1. The molecule has 4 heteroatoms. The first kappa shape index (κ1) is 13.2. The number of hydrogen-bond acceptors (Lipinski definition) is 3. The van der Waals surface area contributed by atoms with E-state index in [1.165, 1.54) is 0 Å². The van der Waals surface area contributed by atoms with Crippen LogP contribution in [-0.2, 0) is 4.74 Å². The lowest BCUT2D eigenvalue weighted by Crippen LogP contribution is -2.45. The van der Waals surface area contributed by atoms with Gasteiger partial charge in [0.05, 0.1) is 12.2 Å². The van der Waals surface area contributed by atoms with Crippen LogP contribution in [0.15, 0.2) is 18.2 Å². The Kier molecular flexibility index (Phi) is 3.46. The minimum atomic E-state index is -0.485. The number of hydrogen-bond donors (Lipinski definition) is 1. The molecule has 1 heterocycles. The van der Waals surface area contributed by atoms with Gasteiger partial charge in [-0.3, -0.25) is 0 Å². The normalized spacial score (nSPS) is 33.8. The van der Waals surface area contributed by atoms with Gasteiger partial charge in [-0.25, -0.2) is 0 Å². The molecule has 1 spiro atoms. The summed E-state index contributed by atoms with van der Waals surface area (Å²) in [7, 11) is 1.76. The van der Waals surface area contributed by atoms with Gasteiger partial charge in [-0.2, -0.15) is 0 Å². The maximum Gasteiger partial charge on any atom is 0.126 e. The minimum absolute atomic E-state index is 0.227. The Labute approximate surface area is 118 Å². The molecule has 0 radical (unpaired) electrons. The monoisotopic (exact) mass is 282 g/mol. The second-order valence-electron chi connectivity index (χ2n) is 5.62. The highest BCUT2D eigenvalue weighted by Crippen LogP contribution is 2.46. The van der Waals surface area contributed by atoms with Crippen LogP contribution in [0, 0.1) is 0 Å². The molecule has 2 aliphatic rings. The highest BCUT2D eigenvalue weighted by molar-refractivity contribution is 6.30. The number of aliphatic hydroxyl groups is 1. The van der Waals surface area contributed by atoms with Gasteiger partial charge < -0.3 is 14.6 Å². The maximum absolute atomic E-state index is 10.4. The van der Waals surface area contributed by atoms with E-state index in [9.17, 15) is 5.11 Å². The predicted octanol–water partition coefficient (Wildman–Crippen LogP) is 3.48. The molecule has 0 aromatic heterocycles. The summed E-state index contributed by atoms with van der Waals surface area (Å²) in [4.78, 5) is 0. The number of fused-ring (bicyclic) bond motifs is 1. The SMILES string of the molecule is COC1CCC2(CC1)CC(O)c1cc(Cl)ccc1O2. The Bertz CT molecular complexity index is 466. The third kappa shape index (κ3) is 2.47. The van der Waals surface area contributed by atoms with Crippen LogP contribution >= 0.6 is 11.6 Å². The Hall–Kier alpha value is -0.770. The first-order chi connectivity index (χ1) is 9.12. The Morgan fingerprint density at radius 2 is 2.11 bits per heavy atom. The molecule has 0 saturated heterocycles. The van der Waals surface area contributed by atoms with Crippen molar-refractivity contribution < 1.29 is 14.6 Å². The first-order valence-corrected chi connectivity index (χ1v) is 7.19. The van der Waals surface area contributed by atoms with Crippen LogP contribution in [0.25, 0.3) is 0 Å². The summed E-state index contributed by atoms with van der Waals surface area (Å²) in [5.41, 5.74) is 0.585. The van der Waals surface area contributed by atoms with Crippen LogP contribution in [0.4, 0.5) is 0 Å². The summed E-state index contributed by atoms with van der Waals surface area (Å²) in [6.45, 7) is 0. The number of benzene rings is 1. The molecule has 1 unspecified atom stereocenters. The molecule has 0 bridgehead atoms. The summed E-state index contributed by atoms with van der Waals surface area (Å²) in [6, 6.07) is 5.48. The van der Waals surface area contributed by atoms with Gasteiger partial charge in [0.2, 0.25) is 0 Å². The molecule has 1 fully saturated rings. The first-order valence-electron chi connectivity index (χ1n) is 6.81. The van der Waals surface area contributed by atoms with Gasteiger partial charge in [0.25, 0.3) is 0 Å². The van der Waals surface area contributed by atoms with Crippen molar-refractivity contribution in [2.24, 2.45) is 0 Å². The van der Waals surface area contributed by atoms with Crippen molar-refractivity contribution in [1.82, 2.24) is 0 Å². The zero-order chi connectivity index (χ0) is 13.5. The molecule has 1 atom stereocenters. The van der Waals surface area contributed by atoms with E-state index in [4.69, 9.17) is 21.1 Å². The Morgan fingerprint density at radius 3 is 2.79 bits per heavy atom. The van der Waals surface area contributed by atoms with Crippen molar-refractivity contribution in [1.29, 1.82) is 0 Å². The Balaban J connectivity index is 1.83. The lowest BCUT2D eigenvalue weighted by Gasteiger charge is -2.44. The summed E-state index contributed by atoms with van der Waals surface area (Å²) in [5.74, 6) is 0.777. The molecule has 1 aromatic rings. The summed E-state index contributed by atoms with van der Waals surface area (Å²) in [5, 5.41) is 11.0. The average Bonchev–Trinajstić information content (AvgIpc) is 2.41. The van der Waals surface area contributed by atoms with E-state index >= 15 is 0 Å². The van der Waals surface area contributed by atoms with Crippen LogP contribution in [0.5, 0.6) is 5.75 Å². The number of ether oxygens (including phenoxy) is 2. The lowest BCUT2D eigenvalue weighted by molar-refractivity contribution is -0.0671. The van der Waals surface area contributed by atoms with Gasteiger partial charge in [-0.15, -0.1) is 0 Å². The third-order valence-corrected chi connectivity index (χ3v) is 4.63. The molecule has 1 N–H and O–H groups in total. The molecule has 1 aliphatic carbocycles. The van der Waals surface area contributed by atoms with Crippen LogP contribution in [0.3, 0.4) is 0 Å². The van der Waals surface area contributed by atoms with Crippen molar-refractivity contribution in [3.8, 4) is 5.75 Å². The molecule has 104 valence electrons. The van der Waals surface area contributed by atoms with Gasteiger partial charge >= 0.3 is 0 Å². The molecule has 0 amide bonds. The fraction of sp³-hybridized carbons (Fsp3) is 0.600. The molecule has 19 heavy (non-hydrogen) atoms. The highest BCUT2D eigenvalue weighted by Gasteiger charge is 2.43. The molecule has 1 aliphatic heterocycles. The fourth-order valence-corrected chi connectivity index (χ4v) is 3.45. The van der Waals surface area contributed by atoms with Crippen molar-refractivity contribution in [3.63, 3.8) is 0 Å². The average molecular weight is 283 g/mol. The van der Waals surface area contributed by atoms with Gasteiger partial charge in [-0.1, -0.05) is 11.6 Å². The van der Waals surface area contributed by atoms with Crippen molar-refractivity contribution in [2.45, 2.75) is 49.9 Å². The van der Waals surface area contributed by atoms with E-state index in [0.717, 1.165) is 37.0 Å². The van der Waals surface area contributed by atoms with E-state index in [-0.39, 0.29) is 5.60 Å². The van der Waals surface area contributed by atoms with E-state index in [2.05, 4.69) is 0 Å². The quantitative estimate of drug-likeness (QED) is 0.857. The second kappa shape index (κ2) is 4.97. The van der Waals surface area contributed by atoms with E-state index in [1.54, 1.807) is 13.2 Å². The molecule has 1 saturated carbocycles. The van der Waals surface area contributed by atoms with Gasteiger partial charge in [0.15, 0.2) is 0 Å². The van der Waals surface area contributed by atoms with E-state index < -0.39 is 6.10 Å². The highest BCUT2D eigenvalue weighted by atomic mass is 35.5. The Morgan fingerprint density at radius 1 is 1.37 bits per heavy atom. The van der Waals surface area contributed by atoms with Crippen molar-refractivity contribution in [2.75, 3.05) is 7.11 Å². The molecule has 3 nitrogen and oxygen atoms in total. The molecule has 3 rings (SSSR count). The van der Waals surface area contributed by atoms with Crippen LogP contribution in [0.1, 0.15) is 43.8 Å². The fourth-order valence-electron chi connectivity index (χ4n) is 3.27. The lowest BCUT2D eigenvalue weighted by atomic mass is 9.77. The largest absolute Gasteiger partial charge is 0.487 e. The predicted molar refractivity (Wildman–Crippen MR) is 73.7 cm³/mol. The molecule has 1 aromatic carbocycles. The summed E-state index contributed by atoms with van der Waals surface area (Å²) >= 11 is 5.97. The van der Waals surface area contributed by atoms with Crippen LogP contribution in [0.2, 0.25) is 5.02 Å². The van der Waals surface area contributed by atoms with Crippen LogP contribution < -0.4 is 4.74 Å². The van der Waals surface area contributed by atoms with E-state index in [1.807, 2.05) is 12.1 Å². The minimum Gasteiger partial charge on any atom is -0.487 e.